The fourth-order valence-corrected chi connectivity index (χ4v) is 5.74. The van der Waals surface area contributed by atoms with E-state index >= 15 is 0 Å². The molecule has 0 radical (unpaired) electrons. The van der Waals surface area contributed by atoms with Gasteiger partial charge in [0.1, 0.15) is 11.5 Å². The number of amides is 2. The molecule has 0 aliphatic carbocycles. The van der Waals surface area contributed by atoms with E-state index in [1.807, 2.05) is 103 Å². The number of nitrogens with one attached hydrogen (secondary N) is 1. The van der Waals surface area contributed by atoms with Crippen molar-refractivity contribution in [2.45, 2.75) is 24.3 Å². The number of anilines is 2. The van der Waals surface area contributed by atoms with Crippen LogP contribution in [0.15, 0.2) is 119 Å². The van der Waals surface area contributed by atoms with Crippen LogP contribution in [0.1, 0.15) is 24.1 Å². The first-order chi connectivity index (χ1) is 18.1. The van der Waals surface area contributed by atoms with Crippen LogP contribution in [-0.4, -0.2) is 11.8 Å². The highest BCUT2D eigenvalue weighted by Crippen LogP contribution is 2.48. The SMILES string of the molecule is CCc1ccc(N2C(=O)C3=C(C2=O)C(c2cccc(Oc4ccccc4)c2)Nc2ccccc2S3)cc1. The van der Waals surface area contributed by atoms with Gasteiger partial charge in [-0.25, -0.2) is 4.90 Å². The van der Waals surface area contributed by atoms with Crippen molar-refractivity contribution in [3.05, 3.63) is 125 Å². The molecule has 1 N–H and O–H groups in total. The van der Waals surface area contributed by atoms with Crippen LogP contribution in [0.25, 0.3) is 0 Å². The lowest BCUT2D eigenvalue weighted by Crippen LogP contribution is -2.33. The number of para-hydroxylation sites is 2. The average molecular weight is 505 g/mol. The second-order valence-electron chi connectivity index (χ2n) is 8.87. The smallest absolute Gasteiger partial charge is 0.272 e. The summed E-state index contributed by atoms with van der Waals surface area (Å²) >= 11 is 1.35. The molecule has 6 rings (SSSR count). The molecule has 2 aliphatic rings. The van der Waals surface area contributed by atoms with Gasteiger partial charge in [0.25, 0.3) is 11.8 Å². The normalized spacial score (nSPS) is 16.7. The van der Waals surface area contributed by atoms with Crippen molar-refractivity contribution in [1.82, 2.24) is 0 Å². The number of benzene rings is 4. The van der Waals surface area contributed by atoms with Gasteiger partial charge in [0.15, 0.2) is 0 Å². The Hall–Kier alpha value is -4.29. The van der Waals surface area contributed by atoms with Crippen molar-refractivity contribution in [1.29, 1.82) is 0 Å². The van der Waals surface area contributed by atoms with Gasteiger partial charge < -0.3 is 10.1 Å². The number of rotatable bonds is 5. The minimum atomic E-state index is -0.526. The predicted molar refractivity (Wildman–Crippen MR) is 147 cm³/mol. The molecule has 1 atom stereocenters. The highest BCUT2D eigenvalue weighted by Gasteiger charge is 2.45. The molecule has 37 heavy (non-hydrogen) atoms. The molecule has 0 aromatic heterocycles. The predicted octanol–water partition coefficient (Wildman–Crippen LogP) is 7.13. The molecule has 4 aromatic carbocycles. The molecule has 2 heterocycles. The van der Waals surface area contributed by atoms with E-state index in [9.17, 15) is 9.59 Å². The topological polar surface area (TPSA) is 58.6 Å². The molecule has 6 heteroatoms. The minimum Gasteiger partial charge on any atom is -0.457 e. The summed E-state index contributed by atoms with van der Waals surface area (Å²) in [5.74, 6) is 0.774. The van der Waals surface area contributed by atoms with Crippen molar-refractivity contribution in [3.63, 3.8) is 0 Å². The number of hydrogen-bond acceptors (Lipinski definition) is 5. The van der Waals surface area contributed by atoms with E-state index in [0.717, 1.165) is 33.9 Å². The molecule has 0 spiro atoms. The molecule has 1 unspecified atom stereocenters. The third-order valence-electron chi connectivity index (χ3n) is 6.54. The van der Waals surface area contributed by atoms with Crippen LogP contribution in [0.4, 0.5) is 11.4 Å². The van der Waals surface area contributed by atoms with E-state index in [-0.39, 0.29) is 11.8 Å². The Balaban J connectivity index is 1.42. The zero-order valence-electron chi connectivity index (χ0n) is 20.2. The quantitative estimate of drug-likeness (QED) is 0.293. The van der Waals surface area contributed by atoms with E-state index in [4.69, 9.17) is 4.74 Å². The second-order valence-corrected chi connectivity index (χ2v) is 9.92. The lowest BCUT2D eigenvalue weighted by atomic mass is 9.97. The Kier molecular flexibility index (Phi) is 6.02. The largest absolute Gasteiger partial charge is 0.457 e. The Morgan fingerprint density at radius 3 is 2.32 bits per heavy atom. The first kappa shape index (κ1) is 23.1. The number of hydrogen-bond donors (Lipinski definition) is 1. The molecule has 2 amide bonds. The highest BCUT2D eigenvalue weighted by molar-refractivity contribution is 8.04. The van der Waals surface area contributed by atoms with Crippen LogP contribution in [0, 0.1) is 0 Å². The zero-order chi connectivity index (χ0) is 25.4. The average Bonchev–Trinajstić information content (AvgIpc) is 3.07. The van der Waals surface area contributed by atoms with Crippen molar-refractivity contribution in [3.8, 4) is 11.5 Å². The van der Waals surface area contributed by atoms with Crippen LogP contribution >= 0.6 is 11.8 Å². The van der Waals surface area contributed by atoms with Gasteiger partial charge in [-0.2, -0.15) is 0 Å². The third kappa shape index (κ3) is 4.30. The lowest BCUT2D eigenvalue weighted by Gasteiger charge is -2.23. The molecule has 5 nitrogen and oxygen atoms in total. The van der Waals surface area contributed by atoms with Crippen molar-refractivity contribution in [2.24, 2.45) is 0 Å². The van der Waals surface area contributed by atoms with Gasteiger partial charge in [0, 0.05) is 10.6 Å². The third-order valence-corrected chi connectivity index (χ3v) is 7.71. The monoisotopic (exact) mass is 504 g/mol. The van der Waals surface area contributed by atoms with Crippen LogP contribution in [0.5, 0.6) is 11.5 Å². The van der Waals surface area contributed by atoms with Crippen molar-refractivity contribution in [2.75, 3.05) is 10.2 Å². The summed E-state index contributed by atoms with van der Waals surface area (Å²) in [5, 5.41) is 3.55. The Morgan fingerprint density at radius 1 is 0.811 bits per heavy atom. The van der Waals surface area contributed by atoms with E-state index in [0.29, 0.717) is 21.9 Å². The molecule has 0 bridgehead atoms. The maximum Gasteiger partial charge on any atom is 0.272 e. The molecule has 4 aromatic rings. The molecule has 0 fully saturated rings. The molecular weight excluding hydrogens is 480 g/mol. The highest BCUT2D eigenvalue weighted by atomic mass is 32.2. The van der Waals surface area contributed by atoms with Crippen LogP contribution in [0.2, 0.25) is 0 Å². The Bertz CT molecular complexity index is 1530. The molecule has 0 saturated heterocycles. The number of aryl methyl sites for hydroxylation is 1. The summed E-state index contributed by atoms with van der Waals surface area (Å²) < 4.78 is 6.07. The number of imide groups is 1. The van der Waals surface area contributed by atoms with Crippen LogP contribution in [0.3, 0.4) is 0 Å². The van der Waals surface area contributed by atoms with Crippen molar-refractivity contribution >= 4 is 35.0 Å². The second kappa shape index (κ2) is 9.64. The van der Waals surface area contributed by atoms with Gasteiger partial charge in [-0.05, 0) is 66.1 Å². The zero-order valence-corrected chi connectivity index (χ0v) is 21.0. The van der Waals surface area contributed by atoms with E-state index < -0.39 is 6.04 Å². The maximum absolute atomic E-state index is 13.9. The molecule has 0 saturated carbocycles. The summed E-state index contributed by atoms with van der Waals surface area (Å²) in [6.07, 6.45) is 0.886. The summed E-state index contributed by atoms with van der Waals surface area (Å²) in [6.45, 7) is 2.07. The maximum atomic E-state index is 13.9. The molecule has 2 aliphatic heterocycles. The number of fused-ring (bicyclic) bond motifs is 1. The van der Waals surface area contributed by atoms with Gasteiger partial charge in [0.05, 0.1) is 22.2 Å². The Labute approximate surface area is 219 Å². The molecule has 182 valence electrons. The van der Waals surface area contributed by atoms with E-state index in [1.54, 1.807) is 0 Å². The summed E-state index contributed by atoms with van der Waals surface area (Å²) in [5.41, 5.74) is 3.88. The first-order valence-electron chi connectivity index (χ1n) is 12.2. The van der Waals surface area contributed by atoms with E-state index in [1.165, 1.54) is 16.7 Å². The van der Waals surface area contributed by atoms with Gasteiger partial charge in [-0.1, -0.05) is 73.3 Å². The molecular formula is C31H24N2O3S. The number of ether oxygens (including phenoxy) is 1. The van der Waals surface area contributed by atoms with Crippen LogP contribution < -0.4 is 15.0 Å². The summed E-state index contributed by atoms with van der Waals surface area (Å²) in [7, 11) is 0. The number of thioether (sulfide) groups is 1. The standard InChI is InChI=1S/C31H24N2O3S/c1-2-20-15-17-22(18-16-20)33-30(34)27-28(32-25-13-6-7-14-26(25)37-29(27)31(33)35)21-9-8-12-24(19-21)36-23-10-4-3-5-11-23/h3-19,28,32H,2H2,1H3. The van der Waals surface area contributed by atoms with Gasteiger partial charge in [-0.3, -0.25) is 9.59 Å². The van der Waals surface area contributed by atoms with E-state index in [2.05, 4.69) is 12.2 Å². The van der Waals surface area contributed by atoms with Crippen molar-refractivity contribution < 1.29 is 14.3 Å². The Morgan fingerprint density at radius 2 is 1.54 bits per heavy atom. The minimum absolute atomic E-state index is 0.297. The summed E-state index contributed by atoms with van der Waals surface area (Å²) in [4.78, 5) is 30.3. The van der Waals surface area contributed by atoms with Gasteiger partial charge >= 0.3 is 0 Å². The van der Waals surface area contributed by atoms with Gasteiger partial charge in [-0.15, -0.1) is 0 Å². The summed E-state index contributed by atoms with van der Waals surface area (Å²) in [6, 6.07) is 32.1. The first-order valence-corrected chi connectivity index (χ1v) is 13.0. The fraction of sp³-hybridized carbons (Fsp3) is 0.0968. The fourth-order valence-electron chi connectivity index (χ4n) is 4.64. The lowest BCUT2D eigenvalue weighted by molar-refractivity contribution is -0.120. The number of nitrogens with zero attached hydrogens (tertiary/aromatic N) is 1. The number of carbonyl (C=O) groups is 2. The number of carbonyl (C=O) groups excluding carboxylic acids is 2. The van der Waals surface area contributed by atoms with Gasteiger partial charge in [0.2, 0.25) is 0 Å². The van der Waals surface area contributed by atoms with Crippen LogP contribution in [-0.2, 0) is 16.0 Å².